The van der Waals surface area contributed by atoms with Gasteiger partial charge in [0.2, 0.25) is 0 Å². The highest BCUT2D eigenvalue weighted by molar-refractivity contribution is 5.55. The predicted octanol–water partition coefficient (Wildman–Crippen LogP) is 2.12. The number of benzene rings is 1. The Balaban J connectivity index is 2.07. The molecular formula is C12H17FN2O. The Kier molecular flexibility index (Phi) is 3.29. The minimum atomic E-state index is -0.354. The second-order valence-corrected chi connectivity index (χ2v) is 4.38. The van der Waals surface area contributed by atoms with Crippen LogP contribution in [-0.2, 0) is 0 Å². The van der Waals surface area contributed by atoms with Crippen LogP contribution in [0.5, 0.6) is 0 Å². The molecule has 16 heavy (non-hydrogen) atoms. The summed E-state index contributed by atoms with van der Waals surface area (Å²) >= 11 is 0. The molecule has 0 aromatic heterocycles. The van der Waals surface area contributed by atoms with E-state index in [9.17, 15) is 9.50 Å². The molecule has 88 valence electrons. The van der Waals surface area contributed by atoms with Gasteiger partial charge in [-0.1, -0.05) is 12.8 Å². The summed E-state index contributed by atoms with van der Waals surface area (Å²) in [5, 5.41) is 12.9. The van der Waals surface area contributed by atoms with E-state index < -0.39 is 0 Å². The molecule has 0 bridgehead atoms. The summed E-state index contributed by atoms with van der Waals surface area (Å²) < 4.78 is 13.1. The monoisotopic (exact) mass is 224 g/mol. The SMILES string of the molecule is Nc1cc(F)cc(NC2CCCCC2O)c1. The molecule has 2 unspecified atom stereocenters. The predicted molar refractivity (Wildman–Crippen MR) is 62.7 cm³/mol. The van der Waals surface area contributed by atoms with Crippen LogP contribution in [0.15, 0.2) is 18.2 Å². The molecule has 0 saturated heterocycles. The van der Waals surface area contributed by atoms with Gasteiger partial charge >= 0.3 is 0 Å². The van der Waals surface area contributed by atoms with Gasteiger partial charge in [0.05, 0.1) is 12.1 Å². The summed E-state index contributed by atoms with van der Waals surface area (Å²) in [5.41, 5.74) is 6.59. The second kappa shape index (κ2) is 4.70. The van der Waals surface area contributed by atoms with Crippen LogP contribution in [0.1, 0.15) is 25.7 Å². The lowest BCUT2D eigenvalue weighted by atomic mass is 9.92. The van der Waals surface area contributed by atoms with Crippen LogP contribution in [-0.4, -0.2) is 17.3 Å². The number of aliphatic hydroxyl groups is 1. The Bertz CT molecular complexity index is 350. The third kappa shape index (κ3) is 2.64. The minimum absolute atomic E-state index is 0.00921. The lowest BCUT2D eigenvalue weighted by Gasteiger charge is -2.29. The summed E-state index contributed by atoms with van der Waals surface area (Å²) in [6.45, 7) is 0. The van der Waals surface area contributed by atoms with Gasteiger partial charge in [0, 0.05) is 11.4 Å². The zero-order valence-electron chi connectivity index (χ0n) is 9.12. The van der Waals surface area contributed by atoms with Crippen molar-refractivity contribution in [3.63, 3.8) is 0 Å². The van der Waals surface area contributed by atoms with E-state index in [-0.39, 0.29) is 18.0 Å². The van der Waals surface area contributed by atoms with E-state index >= 15 is 0 Å². The van der Waals surface area contributed by atoms with Crippen molar-refractivity contribution in [1.29, 1.82) is 0 Å². The number of hydrogen-bond acceptors (Lipinski definition) is 3. The summed E-state index contributed by atoms with van der Waals surface area (Å²) in [6, 6.07) is 4.37. The number of nitrogens with one attached hydrogen (secondary N) is 1. The summed E-state index contributed by atoms with van der Waals surface area (Å²) in [5.74, 6) is -0.354. The molecule has 1 aliphatic rings. The van der Waals surface area contributed by atoms with E-state index in [2.05, 4.69) is 5.32 Å². The van der Waals surface area contributed by atoms with Gasteiger partial charge in [-0.05, 0) is 31.0 Å². The minimum Gasteiger partial charge on any atom is -0.399 e. The molecule has 4 N–H and O–H groups in total. The molecule has 4 heteroatoms. The quantitative estimate of drug-likeness (QED) is 0.674. The van der Waals surface area contributed by atoms with Gasteiger partial charge in [-0.15, -0.1) is 0 Å². The van der Waals surface area contributed by atoms with Gasteiger partial charge in [-0.25, -0.2) is 4.39 Å². The molecule has 0 spiro atoms. The molecule has 1 aromatic carbocycles. The molecular weight excluding hydrogens is 207 g/mol. The summed E-state index contributed by atoms with van der Waals surface area (Å²) in [6.07, 6.45) is 3.53. The zero-order valence-corrected chi connectivity index (χ0v) is 9.12. The third-order valence-corrected chi connectivity index (χ3v) is 3.00. The van der Waals surface area contributed by atoms with Crippen LogP contribution >= 0.6 is 0 Å². The average Bonchev–Trinajstić information content (AvgIpc) is 2.20. The maximum Gasteiger partial charge on any atom is 0.127 e. The first-order valence-electron chi connectivity index (χ1n) is 5.66. The maximum atomic E-state index is 13.1. The highest BCUT2D eigenvalue weighted by atomic mass is 19.1. The van der Waals surface area contributed by atoms with Crippen molar-refractivity contribution in [2.24, 2.45) is 0 Å². The van der Waals surface area contributed by atoms with Crippen molar-refractivity contribution in [3.05, 3.63) is 24.0 Å². The largest absolute Gasteiger partial charge is 0.399 e. The number of hydrogen-bond donors (Lipinski definition) is 3. The highest BCUT2D eigenvalue weighted by Gasteiger charge is 2.22. The van der Waals surface area contributed by atoms with Gasteiger partial charge < -0.3 is 16.2 Å². The Hall–Kier alpha value is -1.29. The van der Waals surface area contributed by atoms with E-state index in [4.69, 9.17) is 5.73 Å². The van der Waals surface area contributed by atoms with Crippen LogP contribution in [0.3, 0.4) is 0 Å². The topological polar surface area (TPSA) is 58.3 Å². The van der Waals surface area contributed by atoms with Gasteiger partial charge in [0.15, 0.2) is 0 Å². The molecule has 0 heterocycles. The fourth-order valence-electron chi connectivity index (χ4n) is 2.19. The second-order valence-electron chi connectivity index (χ2n) is 4.38. The van der Waals surface area contributed by atoms with Crippen molar-refractivity contribution in [3.8, 4) is 0 Å². The molecule has 0 aliphatic heterocycles. The third-order valence-electron chi connectivity index (χ3n) is 3.00. The molecule has 0 amide bonds. The highest BCUT2D eigenvalue weighted by Crippen LogP contribution is 2.23. The summed E-state index contributed by atoms with van der Waals surface area (Å²) in [4.78, 5) is 0. The normalized spacial score (nSPS) is 25.4. The van der Waals surface area contributed by atoms with E-state index in [0.29, 0.717) is 11.4 Å². The lowest BCUT2D eigenvalue weighted by molar-refractivity contribution is 0.116. The van der Waals surface area contributed by atoms with E-state index in [0.717, 1.165) is 25.7 Å². The summed E-state index contributed by atoms with van der Waals surface area (Å²) in [7, 11) is 0. The van der Waals surface area contributed by atoms with E-state index in [1.165, 1.54) is 12.1 Å². The van der Waals surface area contributed by atoms with E-state index in [1.807, 2.05) is 0 Å². The molecule has 1 aliphatic carbocycles. The van der Waals surface area contributed by atoms with Crippen LogP contribution in [0, 0.1) is 5.82 Å². The fraction of sp³-hybridized carbons (Fsp3) is 0.500. The Labute approximate surface area is 94.5 Å². The first kappa shape index (κ1) is 11.2. The smallest absolute Gasteiger partial charge is 0.127 e. The first-order chi connectivity index (χ1) is 7.65. The van der Waals surface area contributed by atoms with E-state index in [1.54, 1.807) is 6.07 Å². The number of rotatable bonds is 2. The van der Waals surface area contributed by atoms with Crippen molar-refractivity contribution in [2.75, 3.05) is 11.1 Å². The van der Waals surface area contributed by atoms with Gasteiger partial charge in [-0.2, -0.15) is 0 Å². The molecule has 1 fully saturated rings. The van der Waals surface area contributed by atoms with Crippen molar-refractivity contribution < 1.29 is 9.50 Å². The Morgan fingerprint density at radius 1 is 1.25 bits per heavy atom. The van der Waals surface area contributed by atoms with Gasteiger partial charge in [0.25, 0.3) is 0 Å². The molecule has 1 saturated carbocycles. The number of aliphatic hydroxyl groups excluding tert-OH is 1. The molecule has 2 rings (SSSR count). The zero-order chi connectivity index (χ0) is 11.5. The van der Waals surface area contributed by atoms with Crippen LogP contribution in [0.4, 0.5) is 15.8 Å². The molecule has 3 nitrogen and oxygen atoms in total. The standard InChI is InChI=1S/C12H17FN2O/c13-8-5-9(14)7-10(6-8)15-11-3-1-2-4-12(11)16/h5-7,11-12,15-16H,1-4,14H2. The average molecular weight is 224 g/mol. The van der Waals surface area contributed by atoms with Crippen molar-refractivity contribution in [1.82, 2.24) is 0 Å². The van der Waals surface area contributed by atoms with Crippen molar-refractivity contribution in [2.45, 2.75) is 37.8 Å². The van der Waals surface area contributed by atoms with Crippen LogP contribution in [0.25, 0.3) is 0 Å². The molecule has 2 atom stereocenters. The van der Waals surface area contributed by atoms with Crippen molar-refractivity contribution >= 4 is 11.4 Å². The van der Waals surface area contributed by atoms with Crippen LogP contribution in [0.2, 0.25) is 0 Å². The molecule has 1 aromatic rings. The molecule has 0 radical (unpaired) electrons. The van der Waals surface area contributed by atoms with Gasteiger partial charge in [0.1, 0.15) is 5.82 Å². The Morgan fingerprint density at radius 3 is 2.69 bits per heavy atom. The number of halogens is 1. The fourth-order valence-corrected chi connectivity index (χ4v) is 2.19. The lowest BCUT2D eigenvalue weighted by Crippen LogP contribution is -2.36. The van der Waals surface area contributed by atoms with Crippen LogP contribution < -0.4 is 11.1 Å². The first-order valence-corrected chi connectivity index (χ1v) is 5.66. The number of anilines is 2. The van der Waals surface area contributed by atoms with Gasteiger partial charge in [-0.3, -0.25) is 0 Å². The Morgan fingerprint density at radius 2 is 2.00 bits per heavy atom. The maximum absolute atomic E-state index is 13.1. The number of nitrogen functional groups attached to an aromatic ring is 1. The number of nitrogens with two attached hydrogens (primary N) is 1.